The van der Waals surface area contributed by atoms with Gasteiger partial charge in [-0.3, -0.25) is 4.79 Å². The van der Waals surface area contributed by atoms with E-state index in [1.807, 2.05) is 6.92 Å². The summed E-state index contributed by atoms with van der Waals surface area (Å²) in [5.74, 6) is -0.390. The molecule has 0 aliphatic heterocycles. The summed E-state index contributed by atoms with van der Waals surface area (Å²) in [6.45, 7) is 5.85. The molecule has 0 spiro atoms. The minimum atomic E-state index is -0.344. The van der Waals surface area contributed by atoms with Gasteiger partial charge in [0.2, 0.25) is 5.91 Å². The molecule has 19 heavy (non-hydrogen) atoms. The molecule has 0 aromatic heterocycles. The van der Waals surface area contributed by atoms with Crippen LogP contribution in [0, 0.1) is 5.82 Å². The van der Waals surface area contributed by atoms with Crippen LogP contribution in [0.3, 0.4) is 0 Å². The van der Waals surface area contributed by atoms with Crippen molar-refractivity contribution in [3.63, 3.8) is 0 Å². The fourth-order valence-corrected chi connectivity index (χ4v) is 2.66. The molecule has 3 N–H and O–H groups in total. The van der Waals surface area contributed by atoms with Gasteiger partial charge in [-0.15, -0.1) is 11.8 Å². The standard InChI is InChI=1S/C14H21FN2OS/c1-4-5-9(2)17-14(18)10(3)19-13-8-11(15)6-7-12(13)16/h6-10H,4-5,16H2,1-3H3,(H,17,18). The Morgan fingerprint density at radius 3 is 2.79 bits per heavy atom. The second-order valence-corrected chi connectivity index (χ2v) is 6.02. The normalized spacial score (nSPS) is 13.9. The summed E-state index contributed by atoms with van der Waals surface area (Å²) in [5.41, 5.74) is 6.26. The maximum absolute atomic E-state index is 13.1. The number of nitrogen functional groups attached to an aromatic ring is 1. The summed E-state index contributed by atoms with van der Waals surface area (Å²) < 4.78 is 13.1. The molecule has 1 amide bonds. The molecule has 1 rings (SSSR count). The van der Waals surface area contributed by atoms with Gasteiger partial charge in [0.1, 0.15) is 5.82 Å². The zero-order valence-corrected chi connectivity index (χ0v) is 12.4. The minimum absolute atomic E-state index is 0.0467. The molecule has 3 nitrogen and oxygen atoms in total. The lowest BCUT2D eigenvalue weighted by molar-refractivity contribution is -0.120. The number of hydrogen-bond donors (Lipinski definition) is 2. The summed E-state index contributed by atoms with van der Waals surface area (Å²) in [4.78, 5) is 12.6. The number of carbonyl (C=O) groups excluding carboxylic acids is 1. The van der Waals surface area contributed by atoms with Crippen LogP contribution in [-0.2, 0) is 4.79 Å². The van der Waals surface area contributed by atoms with Gasteiger partial charge >= 0.3 is 0 Å². The molecular formula is C14H21FN2OS. The summed E-state index contributed by atoms with van der Waals surface area (Å²) in [5, 5.41) is 2.64. The SMILES string of the molecule is CCCC(C)NC(=O)C(C)Sc1cc(F)ccc1N. The quantitative estimate of drug-likeness (QED) is 0.623. The summed E-state index contributed by atoms with van der Waals surface area (Å²) >= 11 is 1.28. The van der Waals surface area contributed by atoms with Crippen molar-refractivity contribution in [3.8, 4) is 0 Å². The number of nitrogens with two attached hydrogens (primary N) is 1. The lowest BCUT2D eigenvalue weighted by atomic mass is 10.2. The number of rotatable bonds is 6. The van der Waals surface area contributed by atoms with Gasteiger partial charge in [-0.2, -0.15) is 0 Å². The monoisotopic (exact) mass is 284 g/mol. The second-order valence-electron chi connectivity index (χ2n) is 4.64. The fraction of sp³-hybridized carbons (Fsp3) is 0.500. The first kappa shape index (κ1) is 15.8. The largest absolute Gasteiger partial charge is 0.398 e. The number of anilines is 1. The first-order chi connectivity index (χ1) is 8.93. The summed E-state index contributed by atoms with van der Waals surface area (Å²) in [6, 6.07) is 4.35. The molecule has 0 saturated heterocycles. The molecular weight excluding hydrogens is 263 g/mol. The Labute approximate surface area is 118 Å². The van der Waals surface area contributed by atoms with Crippen molar-refractivity contribution < 1.29 is 9.18 Å². The number of nitrogens with one attached hydrogen (secondary N) is 1. The zero-order chi connectivity index (χ0) is 14.4. The van der Waals surface area contributed by atoms with Crippen LogP contribution in [0.2, 0.25) is 0 Å². The molecule has 2 atom stereocenters. The van der Waals surface area contributed by atoms with Crippen LogP contribution in [0.5, 0.6) is 0 Å². The predicted molar refractivity (Wildman–Crippen MR) is 78.6 cm³/mol. The van der Waals surface area contributed by atoms with E-state index in [9.17, 15) is 9.18 Å². The van der Waals surface area contributed by atoms with Gasteiger partial charge in [0, 0.05) is 16.6 Å². The van der Waals surface area contributed by atoms with E-state index in [0.717, 1.165) is 12.8 Å². The number of thioether (sulfide) groups is 1. The predicted octanol–water partition coefficient (Wildman–Crippen LogP) is 3.19. The van der Waals surface area contributed by atoms with Gasteiger partial charge < -0.3 is 11.1 Å². The highest BCUT2D eigenvalue weighted by atomic mass is 32.2. The zero-order valence-electron chi connectivity index (χ0n) is 11.6. The van der Waals surface area contributed by atoms with E-state index >= 15 is 0 Å². The van der Waals surface area contributed by atoms with Crippen LogP contribution in [0.1, 0.15) is 33.6 Å². The molecule has 0 aliphatic rings. The third kappa shape index (κ3) is 5.11. The lowest BCUT2D eigenvalue weighted by Gasteiger charge is -2.17. The van der Waals surface area contributed by atoms with Crippen LogP contribution in [0.15, 0.2) is 23.1 Å². The molecule has 0 fully saturated rings. The Morgan fingerprint density at radius 1 is 1.47 bits per heavy atom. The second kappa shape index (κ2) is 7.38. The Hall–Kier alpha value is -1.23. The average molecular weight is 284 g/mol. The molecule has 0 heterocycles. The van der Waals surface area contributed by atoms with Crippen molar-refractivity contribution in [3.05, 3.63) is 24.0 Å². The topological polar surface area (TPSA) is 55.1 Å². The Morgan fingerprint density at radius 2 is 2.16 bits per heavy atom. The number of halogens is 1. The van der Waals surface area contributed by atoms with Crippen LogP contribution < -0.4 is 11.1 Å². The van der Waals surface area contributed by atoms with Crippen molar-refractivity contribution >= 4 is 23.4 Å². The number of hydrogen-bond acceptors (Lipinski definition) is 3. The van der Waals surface area contributed by atoms with E-state index < -0.39 is 0 Å². The van der Waals surface area contributed by atoms with Crippen molar-refractivity contribution in [1.29, 1.82) is 0 Å². The van der Waals surface area contributed by atoms with E-state index in [4.69, 9.17) is 5.73 Å². The maximum atomic E-state index is 13.1. The van der Waals surface area contributed by atoms with Gasteiger partial charge in [-0.05, 0) is 38.5 Å². The molecule has 106 valence electrons. The molecule has 2 unspecified atom stereocenters. The van der Waals surface area contributed by atoms with Crippen LogP contribution >= 0.6 is 11.8 Å². The van der Waals surface area contributed by atoms with Gasteiger partial charge in [0.15, 0.2) is 0 Å². The number of benzene rings is 1. The Bertz CT molecular complexity index is 439. The highest BCUT2D eigenvalue weighted by molar-refractivity contribution is 8.00. The summed E-state index contributed by atoms with van der Waals surface area (Å²) in [7, 11) is 0. The number of carbonyl (C=O) groups is 1. The summed E-state index contributed by atoms with van der Waals surface area (Å²) in [6.07, 6.45) is 1.98. The Balaban J connectivity index is 2.61. The van der Waals surface area contributed by atoms with Crippen molar-refractivity contribution in [1.82, 2.24) is 5.32 Å². The smallest absolute Gasteiger partial charge is 0.233 e. The highest BCUT2D eigenvalue weighted by Crippen LogP contribution is 2.29. The molecule has 0 aliphatic carbocycles. The van der Waals surface area contributed by atoms with E-state index in [2.05, 4.69) is 12.2 Å². The highest BCUT2D eigenvalue weighted by Gasteiger charge is 2.17. The Kier molecular flexibility index (Phi) is 6.15. The average Bonchev–Trinajstić information content (AvgIpc) is 2.34. The molecule has 5 heteroatoms. The van der Waals surface area contributed by atoms with E-state index in [-0.39, 0.29) is 23.0 Å². The molecule has 0 saturated carbocycles. The van der Waals surface area contributed by atoms with Gasteiger partial charge in [0.05, 0.1) is 5.25 Å². The first-order valence-electron chi connectivity index (χ1n) is 6.46. The van der Waals surface area contributed by atoms with Gasteiger partial charge in [-0.1, -0.05) is 13.3 Å². The van der Waals surface area contributed by atoms with E-state index in [0.29, 0.717) is 10.6 Å². The fourth-order valence-electron chi connectivity index (χ4n) is 1.72. The first-order valence-corrected chi connectivity index (χ1v) is 7.34. The lowest BCUT2D eigenvalue weighted by Crippen LogP contribution is -2.37. The maximum Gasteiger partial charge on any atom is 0.233 e. The third-order valence-corrected chi connectivity index (χ3v) is 3.93. The van der Waals surface area contributed by atoms with Crippen LogP contribution in [0.4, 0.5) is 10.1 Å². The van der Waals surface area contributed by atoms with Crippen molar-refractivity contribution in [2.45, 2.75) is 49.8 Å². The van der Waals surface area contributed by atoms with Crippen molar-refractivity contribution in [2.24, 2.45) is 0 Å². The van der Waals surface area contributed by atoms with Crippen LogP contribution in [0.25, 0.3) is 0 Å². The van der Waals surface area contributed by atoms with Gasteiger partial charge in [0.25, 0.3) is 0 Å². The molecule has 1 aromatic carbocycles. The minimum Gasteiger partial charge on any atom is -0.398 e. The van der Waals surface area contributed by atoms with E-state index in [1.165, 1.54) is 30.0 Å². The van der Waals surface area contributed by atoms with Gasteiger partial charge in [-0.25, -0.2) is 4.39 Å². The van der Waals surface area contributed by atoms with E-state index in [1.54, 1.807) is 6.92 Å². The third-order valence-electron chi connectivity index (χ3n) is 2.76. The molecule has 0 bridgehead atoms. The molecule has 0 radical (unpaired) electrons. The number of amides is 1. The molecule has 1 aromatic rings. The van der Waals surface area contributed by atoms with Crippen LogP contribution in [-0.4, -0.2) is 17.2 Å². The van der Waals surface area contributed by atoms with Crippen molar-refractivity contribution in [2.75, 3.05) is 5.73 Å².